The Kier molecular flexibility index (Phi) is 5.73. The monoisotopic (exact) mass is 353 g/mol. The quantitative estimate of drug-likeness (QED) is 0.746. The number of rotatable bonds is 7. The van der Waals surface area contributed by atoms with Gasteiger partial charge in [0.1, 0.15) is 0 Å². The number of likely N-dealkylation sites (N-methyl/N-ethyl adjacent to an activating group) is 1. The second kappa shape index (κ2) is 8.19. The molecule has 2 N–H and O–H groups in total. The maximum Gasteiger partial charge on any atom is 0.275 e. The molecule has 26 heavy (non-hydrogen) atoms. The minimum absolute atomic E-state index is 0.0788. The third-order valence-corrected chi connectivity index (χ3v) is 4.94. The molecule has 0 bridgehead atoms. The van der Waals surface area contributed by atoms with Crippen LogP contribution in [0.25, 0.3) is 10.8 Å². The highest BCUT2D eigenvalue weighted by molar-refractivity contribution is 5.84. The van der Waals surface area contributed by atoms with Gasteiger partial charge in [-0.05, 0) is 25.0 Å². The summed E-state index contributed by atoms with van der Waals surface area (Å²) in [5.41, 5.74) is 1.79. The minimum atomic E-state index is -0.197. The molecule has 6 nitrogen and oxygen atoms in total. The van der Waals surface area contributed by atoms with Crippen molar-refractivity contribution in [1.82, 2.24) is 20.4 Å². The Morgan fingerprint density at radius 2 is 2.19 bits per heavy atom. The van der Waals surface area contributed by atoms with Crippen LogP contribution in [0.5, 0.6) is 0 Å². The summed E-state index contributed by atoms with van der Waals surface area (Å²) in [7, 11) is 1.82. The molecular weight excluding hydrogens is 326 g/mol. The predicted molar refractivity (Wildman–Crippen MR) is 108 cm³/mol. The number of piperazine rings is 1. The fourth-order valence-corrected chi connectivity index (χ4v) is 3.37. The van der Waals surface area contributed by atoms with Crippen molar-refractivity contribution in [3.8, 4) is 0 Å². The molecule has 0 spiro atoms. The minimum Gasteiger partial charge on any atom is -0.390 e. The maximum absolute atomic E-state index is 13.2. The van der Waals surface area contributed by atoms with E-state index >= 15 is 0 Å². The van der Waals surface area contributed by atoms with E-state index in [9.17, 15) is 4.79 Å². The van der Waals surface area contributed by atoms with Crippen LogP contribution in [0.1, 0.15) is 18.9 Å². The summed E-state index contributed by atoms with van der Waals surface area (Å²) in [5, 5.41) is 12.4. The first kappa shape index (κ1) is 18.2. The zero-order valence-electron chi connectivity index (χ0n) is 15.4. The van der Waals surface area contributed by atoms with Gasteiger partial charge in [0.15, 0.2) is 0 Å². The summed E-state index contributed by atoms with van der Waals surface area (Å²) >= 11 is 0. The molecule has 138 valence electrons. The summed E-state index contributed by atoms with van der Waals surface area (Å²) < 4.78 is 1.55. The Hall–Kier alpha value is -2.60. The highest BCUT2D eigenvalue weighted by atomic mass is 16.1. The number of anilines is 1. The topological polar surface area (TPSA) is 62.2 Å². The molecule has 0 saturated carbocycles. The maximum atomic E-state index is 13.2. The third-order valence-electron chi connectivity index (χ3n) is 4.94. The summed E-state index contributed by atoms with van der Waals surface area (Å²) in [5.74, 6) is 0. The van der Waals surface area contributed by atoms with Gasteiger partial charge in [-0.15, -0.1) is 6.58 Å². The van der Waals surface area contributed by atoms with Crippen molar-refractivity contribution in [3.63, 3.8) is 0 Å². The van der Waals surface area contributed by atoms with Gasteiger partial charge in [0.25, 0.3) is 5.56 Å². The highest BCUT2D eigenvalue weighted by Gasteiger charge is 2.18. The molecule has 3 rings (SSSR count). The molecule has 2 aromatic rings. The number of allylic oxidation sites excluding steroid dienone is 2. The molecule has 1 atom stereocenters. The third kappa shape index (κ3) is 3.65. The molecule has 0 aliphatic carbocycles. The number of hydrogen-bond acceptors (Lipinski definition) is 5. The van der Waals surface area contributed by atoms with Gasteiger partial charge in [-0.2, -0.15) is 5.10 Å². The lowest BCUT2D eigenvalue weighted by Crippen LogP contribution is -2.43. The van der Waals surface area contributed by atoms with E-state index < -0.39 is 0 Å². The Labute approximate surface area is 154 Å². The summed E-state index contributed by atoms with van der Waals surface area (Å²) in [6, 6.07) is 5.85. The van der Waals surface area contributed by atoms with Crippen LogP contribution in [-0.4, -0.2) is 43.0 Å². The lowest BCUT2D eigenvalue weighted by atomic mass is 10.1. The first-order valence-corrected chi connectivity index (χ1v) is 9.10. The van der Waals surface area contributed by atoms with Gasteiger partial charge in [-0.25, -0.2) is 4.68 Å². The van der Waals surface area contributed by atoms with Gasteiger partial charge < -0.3 is 15.5 Å². The molecule has 1 saturated heterocycles. The predicted octanol–water partition coefficient (Wildman–Crippen LogP) is 2.05. The molecule has 2 heterocycles. The Balaban J connectivity index is 2.03. The number of fused-ring (bicyclic) bond motifs is 1. The number of hydrogen-bond donors (Lipinski definition) is 2. The second-order valence-electron chi connectivity index (χ2n) is 6.56. The van der Waals surface area contributed by atoms with Gasteiger partial charge in [0.05, 0.1) is 17.6 Å². The van der Waals surface area contributed by atoms with Crippen LogP contribution in [0.3, 0.4) is 0 Å². The zero-order valence-corrected chi connectivity index (χ0v) is 15.4. The van der Waals surface area contributed by atoms with E-state index in [-0.39, 0.29) is 11.6 Å². The largest absolute Gasteiger partial charge is 0.390 e. The van der Waals surface area contributed by atoms with E-state index in [1.54, 1.807) is 10.9 Å². The van der Waals surface area contributed by atoms with E-state index in [1.807, 2.05) is 25.3 Å². The SMILES string of the molecule is C=CCCC(C(=C)NC)n1ncc2ccc(N3CCNCC3)cc2c1=O. The van der Waals surface area contributed by atoms with Crippen molar-refractivity contribution < 1.29 is 0 Å². The van der Waals surface area contributed by atoms with Crippen molar-refractivity contribution in [1.29, 1.82) is 0 Å². The molecule has 1 aromatic carbocycles. The lowest BCUT2D eigenvalue weighted by Gasteiger charge is -2.29. The van der Waals surface area contributed by atoms with Crippen molar-refractivity contribution in [2.24, 2.45) is 0 Å². The van der Waals surface area contributed by atoms with Gasteiger partial charge in [0.2, 0.25) is 0 Å². The Morgan fingerprint density at radius 3 is 2.88 bits per heavy atom. The second-order valence-corrected chi connectivity index (χ2v) is 6.56. The highest BCUT2D eigenvalue weighted by Crippen LogP contribution is 2.22. The number of aromatic nitrogens is 2. The van der Waals surface area contributed by atoms with Crippen molar-refractivity contribution in [2.45, 2.75) is 18.9 Å². The van der Waals surface area contributed by atoms with Crippen molar-refractivity contribution in [3.05, 3.63) is 59.7 Å². The standard InChI is InChI=1S/C20H27N5O/c1-4-5-6-19(15(2)21-3)25-20(26)18-13-17(8-7-16(18)14-23-25)24-11-9-22-10-12-24/h4,7-8,13-14,19,21-22H,1-2,5-6,9-12H2,3H3. The van der Waals surface area contributed by atoms with Gasteiger partial charge in [-0.1, -0.05) is 18.7 Å². The number of nitrogens with zero attached hydrogens (tertiary/aromatic N) is 3. The number of benzene rings is 1. The average molecular weight is 353 g/mol. The van der Waals surface area contributed by atoms with E-state index in [1.165, 1.54) is 0 Å². The molecule has 0 amide bonds. The van der Waals surface area contributed by atoms with Crippen LogP contribution in [0, 0.1) is 0 Å². The molecule has 0 radical (unpaired) electrons. The van der Waals surface area contributed by atoms with Crippen molar-refractivity contribution in [2.75, 3.05) is 38.1 Å². The van der Waals surface area contributed by atoms with E-state index in [0.717, 1.165) is 55.8 Å². The molecule has 1 unspecified atom stereocenters. The van der Waals surface area contributed by atoms with Crippen molar-refractivity contribution >= 4 is 16.5 Å². The van der Waals surface area contributed by atoms with Crippen LogP contribution in [0.15, 0.2) is 54.1 Å². The molecule has 1 aliphatic rings. The first-order chi connectivity index (χ1) is 12.7. The van der Waals surface area contributed by atoms with Crippen LogP contribution in [-0.2, 0) is 0 Å². The molecule has 6 heteroatoms. The van der Waals surface area contributed by atoms with Crippen LogP contribution in [0.2, 0.25) is 0 Å². The smallest absolute Gasteiger partial charge is 0.275 e. The van der Waals surface area contributed by atoms with Crippen LogP contribution >= 0.6 is 0 Å². The lowest BCUT2D eigenvalue weighted by molar-refractivity contribution is 0.450. The van der Waals surface area contributed by atoms with E-state index in [2.05, 4.69) is 39.9 Å². The average Bonchev–Trinajstić information content (AvgIpc) is 2.70. The summed E-state index contributed by atoms with van der Waals surface area (Å²) in [6.07, 6.45) is 5.14. The van der Waals surface area contributed by atoms with E-state index in [0.29, 0.717) is 5.39 Å². The molecule has 1 fully saturated rings. The molecule has 1 aromatic heterocycles. The van der Waals surface area contributed by atoms with Gasteiger partial charge in [0, 0.05) is 50.0 Å². The van der Waals surface area contributed by atoms with E-state index in [4.69, 9.17) is 0 Å². The molecular formula is C20H27N5O. The number of nitrogens with one attached hydrogen (secondary N) is 2. The summed E-state index contributed by atoms with van der Waals surface area (Å²) in [4.78, 5) is 15.5. The Bertz CT molecular complexity index is 851. The summed E-state index contributed by atoms with van der Waals surface area (Å²) in [6.45, 7) is 11.7. The fourth-order valence-electron chi connectivity index (χ4n) is 3.37. The van der Waals surface area contributed by atoms with Crippen LogP contribution in [0.4, 0.5) is 5.69 Å². The normalized spacial score (nSPS) is 15.7. The Morgan fingerprint density at radius 1 is 1.42 bits per heavy atom. The zero-order chi connectivity index (χ0) is 18.5. The van der Waals surface area contributed by atoms with Gasteiger partial charge in [-0.3, -0.25) is 4.79 Å². The van der Waals surface area contributed by atoms with Crippen LogP contribution < -0.4 is 21.1 Å². The molecule has 1 aliphatic heterocycles. The first-order valence-electron chi connectivity index (χ1n) is 9.10. The van der Waals surface area contributed by atoms with Gasteiger partial charge >= 0.3 is 0 Å². The fraction of sp³-hybridized carbons (Fsp3) is 0.400.